The summed E-state index contributed by atoms with van der Waals surface area (Å²) in [6.45, 7) is 3.17. The van der Waals surface area contributed by atoms with Gasteiger partial charge in [0.05, 0.1) is 12.3 Å². The van der Waals surface area contributed by atoms with Crippen LogP contribution < -0.4 is 15.4 Å². The highest BCUT2D eigenvalue weighted by atomic mass is 35.5. The van der Waals surface area contributed by atoms with Gasteiger partial charge in [0, 0.05) is 13.0 Å². The molecule has 0 aliphatic carbocycles. The lowest BCUT2D eigenvalue weighted by Crippen LogP contribution is -2.19. The largest absolute Gasteiger partial charge is 0.492 e. The van der Waals surface area contributed by atoms with Crippen molar-refractivity contribution in [1.82, 2.24) is 5.32 Å². The molecule has 0 bridgehead atoms. The maximum absolute atomic E-state index is 11.5. The van der Waals surface area contributed by atoms with Crippen LogP contribution in [0.4, 0.5) is 5.69 Å². The molecule has 1 amide bonds. The third-order valence-corrected chi connectivity index (χ3v) is 2.06. The first-order valence-corrected chi connectivity index (χ1v) is 5.44. The van der Waals surface area contributed by atoms with Crippen LogP contribution in [0.5, 0.6) is 5.75 Å². The van der Waals surface area contributed by atoms with E-state index in [0.717, 1.165) is 5.69 Å². The van der Waals surface area contributed by atoms with Gasteiger partial charge in [-0.05, 0) is 26.1 Å². The van der Waals surface area contributed by atoms with Crippen LogP contribution in [-0.2, 0) is 4.79 Å². The SMILES string of the molecule is CCOc1ccccc1NC(=O)CCNC.Cl. The Bertz CT molecular complexity index is 345. The first-order chi connectivity index (χ1) is 7.77. The van der Waals surface area contributed by atoms with E-state index < -0.39 is 0 Å². The molecule has 17 heavy (non-hydrogen) atoms. The molecule has 0 unspecified atom stereocenters. The summed E-state index contributed by atoms with van der Waals surface area (Å²) in [5.74, 6) is 0.698. The molecule has 4 nitrogen and oxygen atoms in total. The average molecular weight is 259 g/mol. The molecule has 0 atom stereocenters. The number of nitrogens with one attached hydrogen (secondary N) is 2. The molecule has 5 heteroatoms. The molecule has 1 aromatic rings. The van der Waals surface area contributed by atoms with Crippen molar-refractivity contribution in [2.24, 2.45) is 0 Å². The van der Waals surface area contributed by atoms with Crippen molar-refractivity contribution < 1.29 is 9.53 Å². The molecule has 2 N–H and O–H groups in total. The molecule has 1 aromatic carbocycles. The molecule has 0 spiro atoms. The zero-order valence-electron chi connectivity index (χ0n) is 10.2. The first-order valence-electron chi connectivity index (χ1n) is 5.44. The van der Waals surface area contributed by atoms with Gasteiger partial charge in [-0.25, -0.2) is 0 Å². The molecule has 0 saturated heterocycles. The maximum atomic E-state index is 11.5. The summed E-state index contributed by atoms with van der Waals surface area (Å²) in [5, 5.41) is 5.76. The van der Waals surface area contributed by atoms with Crippen LogP contribution in [0.2, 0.25) is 0 Å². The number of anilines is 1. The monoisotopic (exact) mass is 258 g/mol. The van der Waals surface area contributed by atoms with E-state index in [0.29, 0.717) is 25.3 Å². The van der Waals surface area contributed by atoms with Crippen molar-refractivity contribution in [1.29, 1.82) is 0 Å². The number of benzene rings is 1. The summed E-state index contributed by atoms with van der Waals surface area (Å²) in [7, 11) is 1.82. The van der Waals surface area contributed by atoms with Gasteiger partial charge in [-0.15, -0.1) is 12.4 Å². The van der Waals surface area contributed by atoms with Crippen LogP contribution in [0.1, 0.15) is 13.3 Å². The fourth-order valence-electron chi connectivity index (χ4n) is 1.30. The predicted octanol–water partition coefficient (Wildman–Crippen LogP) is 2.06. The number of carbonyl (C=O) groups excluding carboxylic acids is 1. The van der Waals surface area contributed by atoms with E-state index in [9.17, 15) is 4.79 Å². The normalized spacial score (nSPS) is 9.29. The molecule has 0 fully saturated rings. The summed E-state index contributed by atoms with van der Waals surface area (Å²) in [6, 6.07) is 7.43. The van der Waals surface area contributed by atoms with Gasteiger partial charge in [0.1, 0.15) is 5.75 Å². The molecule has 0 aliphatic rings. The van der Waals surface area contributed by atoms with E-state index in [2.05, 4.69) is 10.6 Å². The molecular weight excluding hydrogens is 240 g/mol. The highest BCUT2D eigenvalue weighted by Crippen LogP contribution is 2.23. The van der Waals surface area contributed by atoms with Gasteiger partial charge in [0.15, 0.2) is 0 Å². The number of para-hydroxylation sites is 2. The summed E-state index contributed by atoms with van der Waals surface area (Å²) in [6.07, 6.45) is 0.455. The van der Waals surface area contributed by atoms with E-state index in [-0.39, 0.29) is 18.3 Å². The molecule has 0 aromatic heterocycles. The molecule has 0 radical (unpaired) electrons. The number of halogens is 1. The molecule has 0 aliphatic heterocycles. The van der Waals surface area contributed by atoms with Crippen LogP contribution in [-0.4, -0.2) is 26.1 Å². The fourth-order valence-corrected chi connectivity index (χ4v) is 1.30. The lowest BCUT2D eigenvalue weighted by Gasteiger charge is -2.10. The van der Waals surface area contributed by atoms with E-state index >= 15 is 0 Å². The van der Waals surface area contributed by atoms with Gasteiger partial charge >= 0.3 is 0 Å². The third-order valence-electron chi connectivity index (χ3n) is 2.06. The van der Waals surface area contributed by atoms with Gasteiger partial charge < -0.3 is 15.4 Å². The summed E-state index contributed by atoms with van der Waals surface area (Å²) < 4.78 is 5.41. The smallest absolute Gasteiger partial charge is 0.225 e. The predicted molar refractivity (Wildman–Crippen MR) is 72.0 cm³/mol. The standard InChI is InChI=1S/C12H18N2O2.ClH/c1-3-16-11-7-5-4-6-10(11)14-12(15)8-9-13-2;/h4-7,13H,3,8-9H2,1-2H3,(H,14,15);1H. The second kappa shape index (κ2) is 8.84. The van der Waals surface area contributed by atoms with Crippen LogP contribution >= 0.6 is 12.4 Å². The van der Waals surface area contributed by atoms with Crippen molar-refractivity contribution in [3.8, 4) is 5.75 Å². The lowest BCUT2D eigenvalue weighted by molar-refractivity contribution is -0.116. The average Bonchev–Trinajstić information content (AvgIpc) is 2.29. The van der Waals surface area contributed by atoms with Crippen molar-refractivity contribution in [2.45, 2.75) is 13.3 Å². The van der Waals surface area contributed by atoms with Crippen LogP contribution in [0.15, 0.2) is 24.3 Å². The van der Waals surface area contributed by atoms with Crippen molar-refractivity contribution in [2.75, 3.05) is 25.5 Å². The van der Waals surface area contributed by atoms with Crippen LogP contribution in [0.25, 0.3) is 0 Å². The Morgan fingerprint density at radius 3 is 2.71 bits per heavy atom. The van der Waals surface area contributed by atoms with Crippen molar-refractivity contribution in [3.63, 3.8) is 0 Å². The zero-order valence-corrected chi connectivity index (χ0v) is 11.0. The van der Waals surface area contributed by atoms with Gasteiger partial charge in [0.25, 0.3) is 0 Å². The molecule has 1 rings (SSSR count). The Labute approximate surface area is 108 Å². The fraction of sp³-hybridized carbons (Fsp3) is 0.417. The molecule has 96 valence electrons. The number of hydrogen-bond donors (Lipinski definition) is 2. The zero-order chi connectivity index (χ0) is 11.8. The minimum Gasteiger partial charge on any atom is -0.492 e. The quantitative estimate of drug-likeness (QED) is 0.821. The third kappa shape index (κ3) is 5.56. The van der Waals surface area contributed by atoms with E-state index in [4.69, 9.17) is 4.74 Å². The Kier molecular flexibility index (Phi) is 8.19. The molecule has 0 saturated carbocycles. The lowest BCUT2D eigenvalue weighted by atomic mass is 10.2. The minimum absolute atomic E-state index is 0. The Balaban J connectivity index is 0.00000256. The highest BCUT2D eigenvalue weighted by molar-refractivity contribution is 5.92. The number of rotatable bonds is 6. The highest BCUT2D eigenvalue weighted by Gasteiger charge is 2.06. The van der Waals surface area contributed by atoms with E-state index in [1.54, 1.807) is 0 Å². The van der Waals surface area contributed by atoms with Gasteiger partial charge in [-0.2, -0.15) is 0 Å². The van der Waals surface area contributed by atoms with Crippen molar-refractivity contribution in [3.05, 3.63) is 24.3 Å². The maximum Gasteiger partial charge on any atom is 0.225 e. The summed E-state index contributed by atoms with van der Waals surface area (Å²) in [4.78, 5) is 11.5. The second-order valence-corrected chi connectivity index (χ2v) is 3.33. The van der Waals surface area contributed by atoms with Crippen LogP contribution in [0.3, 0.4) is 0 Å². The summed E-state index contributed by atoms with van der Waals surface area (Å²) >= 11 is 0. The Morgan fingerprint density at radius 2 is 2.06 bits per heavy atom. The number of ether oxygens (including phenoxy) is 1. The van der Waals surface area contributed by atoms with Gasteiger partial charge in [-0.1, -0.05) is 12.1 Å². The first kappa shape index (κ1) is 15.7. The van der Waals surface area contributed by atoms with Crippen LogP contribution in [0, 0.1) is 0 Å². The minimum atomic E-state index is -0.0125. The van der Waals surface area contributed by atoms with E-state index in [1.165, 1.54) is 0 Å². The summed E-state index contributed by atoms with van der Waals surface area (Å²) in [5.41, 5.74) is 0.727. The van der Waals surface area contributed by atoms with Gasteiger partial charge in [0.2, 0.25) is 5.91 Å². The number of amides is 1. The molecule has 0 heterocycles. The van der Waals surface area contributed by atoms with E-state index in [1.807, 2.05) is 38.2 Å². The second-order valence-electron chi connectivity index (χ2n) is 3.33. The Morgan fingerprint density at radius 1 is 1.35 bits per heavy atom. The topological polar surface area (TPSA) is 50.4 Å². The number of carbonyl (C=O) groups is 1. The van der Waals surface area contributed by atoms with Crippen molar-refractivity contribution >= 4 is 24.0 Å². The van der Waals surface area contributed by atoms with Gasteiger partial charge in [-0.3, -0.25) is 4.79 Å². The number of hydrogen-bond acceptors (Lipinski definition) is 3. The Hall–Kier alpha value is -1.26. The molecular formula is C12H19ClN2O2.